The van der Waals surface area contributed by atoms with Crippen LogP contribution in [0, 0.1) is 40.4 Å². The van der Waals surface area contributed by atoms with Gasteiger partial charge < -0.3 is 0 Å². The number of allylic oxidation sites excluding steroid dienone is 1. The molecule has 0 spiro atoms. The maximum atomic E-state index is 4.36. The minimum Gasteiger partial charge on any atom is -0.0998 e. The molecule has 0 amide bonds. The molecular weight excluding hydrogens is 264 g/mol. The minimum absolute atomic E-state index is 0.588. The summed E-state index contributed by atoms with van der Waals surface area (Å²) in [6, 6.07) is 0. The van der Waals surface area contributed by atoms with E-state index in [1.165, 1.54) is 56.9 Å². The van der Waals surface area contributed by atoms with Crippen LogP contribution in [-0.2, 0) is 0 Å². The Labute approximate surface area is 138 Å². The van der Waals surface area contributed by atoms with Crippen molar-refractivity contribution in [3.8, 4) is 0 Å². The molecule has 0 nitrogen and oxygen atoms in total. The van der Waals surface area contributed by atoms with Crippen LogP contribution in [0.5, 0.6) is 0 Å². The van der Waals surface area contributed by atoms with Gasteiger partial charge in [0.25, 0.3) is 0 Å². The van der Waals surface area contributed by atoms with Crippen LogP contribution in [0.4, 0.5) is 0 Å². The molecule has 4 aliphatic carbocycles. The smallest absolute Gasteiger partial charge is 0.0152 e. The highest BCUT2D eigenvalue weighted by Crippen LogP contribution is 2.68. The number of hydrogen-bond acceptors (Lipinski definition) is 0. The highest BCUT2D eigenvalue weighted by Gasteiger charge is 2.59. The molecule has 7 unspecified atom stereocenters. The van der Waals surface area contributed by atoms with Crippen LogP contribution in [0.1, 0.15) is 85.0 Å². The zero-order valence-electron chi connectivity index (χ0n) is 15.2. The molecule has 0 N–H and O–H groups in total. The van der Waals surface area contributed by atoms with Crippen molar-refractivity contribution in [1.82, 2.24) is 0 Å². The van der Waals surface area contributed by atoms with E-state index in [-0.39, 0.29) is 0 Å². The standard InChI is InChI=1S/C22H36/c1-15(2)18-10-11-19-17-9-8-16-7-5-6-13-21(16,3)20(17)12-14-22(18,19)4/h16-20H,1,5-14H2,2-4H3. The third-order valence-corrected chi connectivity index (χ3v) is 9.18. The summed E-state index contributed by atoms with van der Waals surface area (Å²) in [5.41, 5.74) is 2.76. The molecule has 0 aliphatic heterocycles. The lowest BCUT2D eigenvalue weighted by Gasteiger charge is -2.60. The van der Waals surface area contributed by atoms with Gasteiger partial charge in [-0.1, -0.05) is 38.8 Å². The molecule has 4 saturated carbocycles. The summed E-state index contributed by atoms with van der Waals surface area (Å²) < 4.78 is 0. The van der Waals surface area contributed by atoms with Gasteiger partial charge in [0.1, 0.15) is 0 Å². The molecule has 4 aliphatic rings. The van der Waals surface area contributed by atoms with Crippen molar-refractivity contribution in [2.45, 2.75) is 85.0 Å². The largest absolute Gasteiger partial charge is 0.0998 e. The van der Waals surface area contributed by atoms with E-state index in [4.69, 9.17) is 0 Å². The predicted octanol–water partition coefficient (Wildman–Crippen LogP) is 6.61. The van der Waals surface area contributed by atoms with E-state index < -0.39 is 0 Å². The van der Waals surface area contributed by atoms with Crippen molar-refractivity contribution in [3.63, 3.8) is 0 Å². The summed E-state index contributed by atoms with van der Waals surface area (Å²) in [6.07, 6.45) is 15.1. The van der Waals surface area contributed by atoms with Gasteiger partial charge in [0.05, 0.1) is 0 Å². The Kier molecular flexibility index (Phi) is 3.55. The van der Waals surface area contributed by atoms with Crippen LogP contribution >= 0.6 is 0 Å². The van der Waals surface area contributed by atoms with Crippen molar-refractivity contribution in [1.29, 1.82) is 0 Å². The Bertz CT molecular complexity index is 463. The van der Waals surface area contributed by atoms with Crippen molar-refractivity contribution in [2.24, 2.45) is 40.4 Å². The SMILES string of the molecule is C=C(C)C1CCC2C3CCC4CCCCC4(C)C3CCC12C. The normalized spacial score (nSPS) is 54.2. The van der Waals surface area contributed by atoms with Crippen LogP contribution in [-0.4, -0.2) is 0 Å². The van der Waals surface area contributed by atoms with Crippen LogP contribution in [0.2, 0.25) is 0 Å². The monoisotopic (exact) mass is 300 g/mol. The molecule has 4 rings (SSSR count). The molecule has 0 aromatic heterocycles. The first-order chi connectivity index (χ1) is 10.5. The summed E-state index contributed by atoms with van der Waals surface area (Å²) in [4.78, 5) is 0. The second-order valence-corrected chi connectivity index (χ2v) is 9.92. The Balaban J connectivity index is 1.63. The topological polar surface area (TPSA) is 0 Å². The van der Waals surface area contributed by atoms with Gasteiger partial charge in [-0.05, 0) is 98.7 Å². The molecule has 7 atom stereocenters. The quantitative estimate of drug-likeness (QED) is 0.478. The van der Waals surface area contributed by atoms with Crippen molar-refractivity contribution >= 4 is 0 Å². The van der Waals surface area contributed by atoms with Crippen molar-refractivity contribution in [2.75, 3.05) is 0 Å². The molecule has 0 heterocycles. The summed E-state index contributed by atoms with van der Waals surface area (Å²) in [5, 5.41) is 0. The predicted molar refractivity (Wildman–Crippen MR) is 94.6 cm³/mol. The molecule has 0 bridgehead atoms. The highest BCUT2D eigenvalue weighted by molar-refractivity contribution is 5.14. The first-order valence-electron chi connectivity index (χ1n) is 10.1. The van der Waals surface area contributed by atoms with E-state index in [1.54, 1.807) is 12.8 Å². The Hall–Kier alpha value is -0.260. The lowest BCUT2D eigenvalue weighted by atomic mass is 9.45. The summed E-state index contributed by atoms with van der Waals surface area (Å²) in [5.74, 6) is 4.98. The van der Waals surface area contributed by atoms with E-state index in [0.29, 0.717) is 10.8 Å². The fraction of sp³-hybridized carbons (Fsp3) is 0.909. The third kappa shape index (κ3) is 1.94. The summed E-state index contributed by atoms with van der Waals surface area (Å²) in [7, 11) is 0. The number of fused-ring (bicyclic) bond motifs is 5. The molecule has 0 saturated heterocycles. The Morgan fingerprint density at radius 3 is 2.36 bits per heavy atom. The van der Waals surface area contributed by atoms with Gasteiger partial charge in [0.2, 0.25) is 0 Å². The van der Waals surface area contributed by atoms with Gasteiger partial charge in [-0.15, -0.1) is 0 Å². The van der Waals surface area contributed by atoms with Gasteiger partial charge >= 0.3 is 0 Å². The Morgan fingerprint density at radius 1 is 0.818 bits per heavy atom. The average molecular weight is 301 g/mol. The molecule has 0 aromatic carbocycles. The van der Waals surface area contributed by atoms with Crippen LogP contribution < -0.4 is 0 Å². The Morgan fingerprint density at radius 2 is 1.59 bits per heavy atom. The first-order valence-corrected chi connectivity index (χ1v) is 10.1. The molecule has 22 heavy (non-hydrogen) atoms. The molecule has 0 heteroatoms. The van der Waals surface area contributed by atoms with Crippen molar-refractivity contribution in [3.05, 3.63) is 12.2 Å². The third-order valence-electron chi connectivity index (χ3n) is 9.18. The van der Waals surface area contributed by atoms with Crippen LogP contribution in [0.3, 0.4) is 0 Å². The van der Waals surface area contributed by atoms with Gasteiger partial charge in [-0.25, -0.2) is 0 Å². The van der Waals surface area contributed by atoms with E-state index in [1.807, 2.05) is 0 Å². The molecule has 0 radical (unpaired) electrons. The number of rotatable bonds is 1. The molecule has 4 fully saturated rings. The van der Waals surface area contributed by atoms with Gasteiger partial charge in [-0.2, -0.15) is 0 Å². The maximum absolute atomic E-state index is 4.36. The zero-order chi connectivity index (χ0) is 15.5. The zero-order valence-corrected chi connectivity index (χ0v) is 15.2. The summed E-state index contributed by atoms with van der Waals surface area (Å²) in [6.45, 7) is 12.0. The van der Waals surface area contributed by atoms with Crippen molar-refractivity contribution < 1.29 is 0 Å². The fourth-order valence-electron chi connectivity index (χ4n) is 8.10. The van der Waals surface area contributed by atoms with E-state index in [2.05, 4.69) is 27.4 Å². The van der Waals surface area contributed by atoms with E-state index >= 15 is 0 Å². The van der Waals surface area contributed by atoms with Gasteiger partial charge in [0.15, 0.2) is 0 Å². The average Bonchev–Trinajstić information content (AvgIpc) is 2.84. The maximum Gasteiger partial charge on any atom is -0.0152 e. The minimum atomic E-state index is 0.588. The van der Waals surface area contributed by atoms with Gasteiger partial charge in [0, 0.05) is 0 Å². The highest BCUT2D eigenvalue weighted by atomic mass is 14.6. The molecule has 124 valence electrons. The molecular formula is C22H36. The second kappa shape index (κ2) is 5.12. The van der Waals surface area contributed by atoms with Crippen LogP contribution in [0.15, 0.2) is 12.2 Å². The summed E-state index contributed by atoms with van der Waals surface area (Å²) >= 11 is 0. The van der Waals surface area contributed by atoms with E-state index in [9.17, 15) is 0 Å². The fourth-order valence-corrected chi connectivity index (χ4v) is 8.10. The van der Waals surface area contributed by atoms with Gasteiger partial charge in [-0.3, -0.25) is 0 Å². The number of hydrogen-bond donors (Lipinski definition) is 0. The van der Waals surface area contributed by atoms with E-state index in [0.717, 1.165) is 29.6 Å². The van der Waals surface area contributed by atoms with Crippen LogP contribution in [0.25, 0.3) is 0 Å². The first kappa shape index (κ1) is 15.3. The molecule has 0 aromatic rings. The lowest BCUT2D eigenvalue weighted by molar-refractivity contribution is -0.108. The lowest BCUT2D eigenvalue weighted by Crippen LogP contribution is -2.52. The second-order valence-electron chi connectivity index (χ2n) is 9.92.